The Balaban J connectivity index is 1.87. The van der Waals surface area contributed by atoms with Crippen molar-refractivity contribution < 1.29 is 4.79 Å². The Hall–Kier alpha value is 0.420. The van der Waals surface area contributed by atoms with Gasteiger partial charge in [-0.3, -0.25) is 4.79 Å². The molecular formula is C10H10Br2ClNOS. The van der Waals surface area contributed by atoms with Crippen LogP contribution in [-0.2, 0) is 0 Å². The van der Waals surface area contributed by atoms with E-state index in [1.807, 2.05) is 6.07 Å². The summed E-state index contributed by atoms with van der Waals surface area (Å²) in [6.07, 6.45) is 2.39. The van der Waals surface area contributed by atoms with Crippen molar-refractivity contribution in [3.8, 4) is 0 Å². The summed E-state index contributed by atoms with van der Waals surface area (Å²) in [7, 11) is 0. The predicted molar refractivity (Wildman–Crippen MR) is 74.4 cm³/mol. The first-order chi connectivity index (χ1) is 7.58. The molecule has 0 spiro atoms. The summed E-state index contributed by atoms with van der Waals surface area (Å²) in [6, 6.07) is 1.81. The lowest BCUT2D eigenvalue weighted by molar-refractivity contribution is 0.0957. The van der Waals surface area contributed by atoms with E-state index in [1.54, 1.807) is 0 Å². The maximum atomic E-state index is 11.8. The van der Waals surface area contributed by atoms with E-state index in [9.17, 15) is 4.79 Å². The van der Waals surface area contributed by atoms with Gasteiger partial charge in [0.1, 0.15) is 0 Å². The van der Waals surface area contributed by atoms with Crippen LogP contribution >= 0.6 is 54.8 Å². The van der Waals surface area contributed by atoms with E-state index in [-0.39, 0.29) is 11.3 Å². The van der Waals surface area contributed by atoms with Crippen LogP contribution in [0.25, 0.3) is 0 Å². The van der Waals surface area contributed by atoms with Crippen molar-refractivity contribution in [2.75, 3.05) is 6.54 Å². The highest BCUT2D eigenvalue weighted by Gasteiger charge is 2.29. The molecule has 0 aromatic carbocycles. The molecule has 1 fully saturated rings. The monoisotopic (exact) mass is 385 g/mol. The van der Waals surface area contributed by atoms with E-state index in [0.717, 1.165) is 8.26 Å². The van der Waals surface area contributed by atoms with Crippen LogP contribution in [0.3, 0.4) is 0 Å². The predicted octanol–water partition coefficient (Wildman–Crippen LogP) is 4.02. The maximum absolute atomic E-state index is 11.8. The van der Waals surface area contributed by atoms with Gasteiger partial charge in [0, 0.05) is 11.0 Å². The molecule has 1 aliphatic carbocycles. The van der Waals surface area contributed by atoms with Crippen molar-refractivity contribution in [2.24, 2.45) is 5.92 Å². The lowest BCUT2D eigenvalue weighted by Gasteiger charge is -2.08. The van der Waals surface area contributed by atoms with Gasteiger partial charge in [0.2, 0.25) is 0 Å². The van der Waals surface area contributed by atoms with Crippen molar-refractivity contribution >= 4 is 60.7 Å². The Bertz CT molecular complexity index is 386. The van der Waals surface area contributed by atoms with Crippen LogP contribution in [0.4, 0.5) is 0 Å². The highest BCUT2D eigenvalue weighted by molar-refractivity contribution is 9.13. The SMILES string of the molecule is O=C(NCC(Cl)C1CC1)c1cc(Br)c(Br)s1. The molecule has 1 aromatic heterocycles. The molecule has 1 heterocycles. The van der Waals surface area contributed by atoms with E-state index in [4.69, 9.17) is 11.6 Å². The fraction of sp³-hybridized carbons (Fsp3) is 0.500. The maximum Gasteiger partial charge on any atom is 0.261 e. The van der Waals surface area contributed by atoms with Crippen molar-refractivity contribution in [2.45, 2.75) is 18.2 Å². The Morgan fingerprint density at radius 3 is 2.81 bits per heavy atom. The summed E-state index contributed by atoms with van der Waals surface area (Å²) in [4.78, 5) is 12.4. The smallest absolute Gasteiger partial charge is 0.261 e. The molecular weight excluding hydrogens is 377 g/mol. The standard InChI is InChI=1S/C10H10Br2ClNOS/c11-6-3-8(16-9(6)12)10(15)14-4-7(13)5-1-2-5/h3,5,7H,1-2,4H2,(H,14,15). The number of amides is 1. The fourth-order valence-electron chi connectivity index (χ4n) is 1.36. The topological polar surface area (TPSA) is 29.1 Å². The van der Waals surface area contributed by atoms with Gasteiger partial charge in [-0.15, -0.1) is 22.9 Å². The Morgan fingerprint density at radius 1 is 1.62 bits per heavy atom. The zero-order valence-corrected chi connectivity index (χ0v) is 13.0. The lowest BCUT2D eigenvalue weighted by atomic mass is 10.3. The van der Waals surface area contributed by atoms with Gasteiger partial charge in [-0.25, -0.2) is 0 Å². The number of alkyl halides is 1. The lowest BCUT2D eigenvalue weighted by Crippen LogP contribution is -2.30. The molecule has 88 valence electrons. The summed E-state index contributed by atoms with van der Waals surface area (Å²) < 4.78 is 1.84. The van der Waals surface area contributed by atoms with Crippen LogP contribution in [0.2, 0.25) is 0 Å². The van der Waals surface area contributed by atoms with Gasteiger partial charge in [-0.1, -0.05) is 0 Å². The molecule has 1 N–H and O–H groups in total. The van der Waals surface area contributed by atoms with E-state index in [2.05, 4.69) is 37.2 Å². The van der Waals surface area contributed by atoms with E-state index >= 15 is 0 Å². The molecule has 2 rings (SSSR count). The van der Waals surface area contributed by atoms with Crippen LogP contribution in [0, 0.1) is 5.92 Å². The first-order valence-corrected chi connectivity index (χ1v) is 7.79. The molecule has 1 amide bonds. The second kappa shape index (κ2) is 5.38. The average molecular weight is 388 g/mol. The minimum absolute atomic E-state index is 0.0531. The molecule has 1 aliphatic rings. The van der Waals surface area contributed by atoms with E-state index in [0.29, 0.717) is 17.3 Å². The third kappa shape index (κ3) is 3.22. The first-order valence-electron chi connectivity index (χ1n) is 4.95. The summed E-state index contributed by atoms with van der Waals surface area (Å²) >= 11 is 14.2. The highest BCUT2D eigenvalue weighted by atomic mass is 79.9. The largest absolute Gasteiger partial charge is 0.350 e. The fourth-order valence-corrected chi connectivity index (χ4v) is 3.64. The van der Waals surface area contributed by atoms with Gasteiger partial charge >= 0.3 is 0 Å². The number of halogens is 3. The molecule has 2 nitrogen and oxygen atoms in total. The zero-order valence-electron chi connectivity index (χ0n) is 8.30. The second-order valence-electron chi connectivity index (χ2n) is 3.80. The molecule has 0 saturated heterocycles. The van der Waals surface area contributed by atoms with Crippen molar-refractivity contribution in [3.63, 3.8) is 0 Å². The van der Waals surface area contributed by atoms with Gasteiger partial charge in [0.25, 0.3) is 5.91 Å². The van der Waals surface area contributed by atoms with Crippen molar-refractivity contribution in [1.29, 1.82) is 0 Å². The number of thiophene rings is 1. The van der Waals surface area contributed by atoms with E-state index in [1.165, 1.54) is 24.2 Å². The number of carbonyl (C=O) groups excluding carboxylic acids is 1. The number of carbonyl (C=O) groups is 1. The molecule has 0 aliphatic heterocycles. The minimum Gasteiger partial charge on any atom is -0.350 e. The van der Waals surface area contributed by atoms with Crippen molar-refractivity contribution in [3.05, 3.63) is 19.2 Å². The molecule has 1 saturated carbocycles. The Kier molecular flexibility index (Phi) is 4.32. The zero-order chi connectivity index (χ0) is 11.7. The average Bonchev–Trinajstić information content (AvgIpc) is 3.03. The van der Waals surface area contributed by atoms with Gasteiger partial charge in [-0.05, 0) is 56.7 Å². The number of rotatable bonds is 4. The summed E-state index contributed by atoms with van der Waals surface area (Å²) in [5.74, 6) is 0.548. The first kappa shape index (κ1) is 12.9. The molecule has 0 bridgehead atoms. The van der Waals surface area contributed by atoms with Gasteiger partial charge in [0.15, 0.2) is 0 Å². The number of hydrogen-bond donors (Lipinski definition) is 1. The molecule has 1 unspecified atom stereocenters. The van der Waals surface area contributed by atoms with Crippen LogP contribution in [0.15, 0.2) is 14.3 Å². The molecule has 6 heteroatoms. The van der Waals surface area contributed by atoms with E-state index < -0.39 is 0 Å². The van der Waals surface area contributed by atoms with Gasteiger partial charge in [0.05, 0.1) is 14.0 Å². The number of nitrogens with one attached hydrogen (secondary N) is 1. The molecule has 1 aromatic rings. The van der Waals surface area contributed by atoms with Crippen LogP contribution in [-0.4, -0.2) is 17.8 Å². The quantitative estimate of drug-likeness (QED) is 0.777. The van der Waals surface area contributed by atoms with Crippen molar-refractivity contribution in [1.82, 2.24) is 5.32 Å². The molecule has 16 heavy (non-hydrogen) atoms. The minimum atomic E-state index is -0.0531. The summed E-state index contributed by atoms with van der Waals surface area (Å²) in [5, 5.41) is 2.94. The van der Waals surface area contributed by atoms with Crippen LogP contribution in [0.1, 0.15) is 22.5 Å². The highest BCUT2D eigenvalue weighted by Crippen LogP contribution is 2.35. The summed E-state index contributed by atoms with van der Waals surface area (Å²) in [6.45, 7) is 0.554. The second-order valence-corrected chi connectivity index (χ2v) is 7.58. The van der Waals surface area contributed by atoms with Crippen LogP contribution in [0.5, 0.6) is 0 Å². The molecule has 1 atom stereocenters. The third-order valence-corrected chi connectivity index (χ3v) is 6.23. The van der Waals surface area contributed by atoms with Gasteiger partial charge < -0.3 is 5.32 Å². The summed E-state index contributed by atoms with van der Waals surface area (Å²) in [5.41, 5.74) is 0. The number of hydrogen-bond acceptors (Lipinski definition) is 2. The Morgan fingerprint density at radius 2 is 2.31 bits per heavy atom. The molecule has 0 radical (unpaired) electrons. The normalized spacial score (nSPS) is 17.2. The van der Waals surface area contributed by atoms with Crippen LogP contribution < -0.4 is 5.32 Å². The Labute approximate surface area is 120 Å². The third-order valence-electron chi connectivity index (χ3n) is 2.46. The van der Waals surface area contributed by atoms with Gasteiger partial charge in [-0.2, -0.15) is 0 Å².